The Balaban J connectivity index is 2.25. The molecular weight excluding hydrogens is 180 g/mol. The third-order valence-electron chi connectivity index (χ3n) is 2.62. The predicted molar refractivity (Wildman–Crippen MR) is 50.9 cm³/mol. The fourth-order valence-corrected chi connectivity index (χ4v) is 1.80. The lowest BCUT2D eigenvalue weighted by atomic mass is 9.83. The average molecular weight is 192 g/mol. The zero-order valence-corrected chi connectivity index (χ0v) is 7.77. The van der Waals surface area contributed by atoms with Crippen molar-refractivity contribution >= 4 is 5.97 Å². The van der Waals surface area contributed by atoms with E-state index in [9.17, 15) is 4.79 Å². The molecule has 1 aliphatic rings. The SMILES string of the molecule is O=C(O)CC1(c2ccccc2)CCO1. The molecule has 0 saturated carbocycles. The molecule has 1 unspecified atom stereocenters. The number of carboxylic acid groups (broad SMARTS) is 1. The van der Waals surface area contributed by atoms with Crippen LogP contribution in [0, 0.1) is 0 Å². The molecule has 14 heavy (non-hydrogen) atoms. The highest BCUT2D eigenvalue weighted by Gasteiger charge is 2.41. The van der Waals surface area contributed by atoms with Gasteiger partial charge in [-0.1, -0.05) is 30.3 Å². The summed E-state index contributed by atoms with van der Waals surface area (Å²) in [5.41, 5.74) is 0.404. The molecule has 0 spiro atoms. The van der Waals surface area contributed by atoms with Gasteiger partial charge < -0.3 is 9.84 Å². The Hall–Kier alpha value is -1.35. The molecule has 1 aromatic carbocycles. The highest BCUT2D eigenvalue weighted by molar-refractivity contribution is 5.68. The molecule has 0 radical (unpaired) electrons. The molecule has 1 saturated heterocycles. The minimum Gasteiger partial charge on any atom is -0.481 e. The minimum atomic E-state index is -0.812. The quantitative estimate of drug-likeness (QED) is 0.794. The minimum absolute atomic E-state index is 0.0526. The van der Waals surface area contributed by atoms with Crippen molar-refractivity contribution < 1.29 is 14.6 Å². The molecule has 2 rings (SSSR count). The highest BCUT2D eigenvalue weighted by atomic mass is 16.5. The second-order valence-corrected chi connectivity index (χ2v) is 3.53. The molecule has 1 fully saturated rings. The molecule has 1 atom stereocenters. The van der Waals surface area contributed by atoms with E-state index in [2.05, 4.69) is 0 Å². The summed E-state index contributed by atoms with van der Waals surface area (Å²) >= 11 is 0. The smallest absolute Gasteiger partial charge is 0.306 e. The van der Waals surface area contributed by atoms with Crippen LogP contribution in [0.15, 0.2) is 30.3 Å². The van der Waals surface area contributed by atoms with Crippen molar-refractivity contribution in [3.8, 4) is 0 Å². The van der Waals surface area contributed by atoms with Gasteiger partial charge in [-0.15, -0.1) is 0 Å². The van der Waals surface area contributed by atoms with E-state index >= 15 is 0 Å². The highest BCUT2D eigenvalue weighted by Crippen LogP contribution is 2.40. The molecule has 1 aliphatic heterocycles. The Morgan fingerprint density at radius 3 is 2.50 bits per heavy atom. The van der Waals surface area contributed by atoms with Gasteiger partial charge in [-0.3, -0.25) is 4.79 Å². The maximum atomic E-state index is 10.7. The molecule has 1 heterocycles. The Bertz CT molecular complexity index is 328. The molecule has 0 bridgehead atoms. The third kappa shape index (κ3) is 1.51. The van der Waals surface area contributed by atoms with Crippen LogP contribution in [0.3, 0.4) is 0 Å². The molecule has 74 valence electrons. The van der Waals surface area contributed by atoms with E-state index in [1.165, 1.54) is 0 Å². The third-order valence-corrected chi connectivity index (χ3v) is 2.62. The van der Waals surface area contributed by atoms with Gasteiger partial charge in [0.1, 0.15) is 5.60 Å². The molecule has 1 N–H and O–H groups in total. The lowest BCUT2D eigenvalue weighted by Gasteiger charge is -2.41. The zero-order chi connectivity index (χ0) is 10.0. The van der Waals surface area contributed by atoms with Crippen molar-refractivity contribution in [2.24, 2.45) is 0 Å². The second kappa shape index (κ2) is 3.42. The number of benzene rings is 1. The number of carboxylic acids is 1. The summed E-state index contributed by atoms with van der Waals surface area (Å²) in [4.78, 5) is 10.7. The Kier molecular flexibility index (Phi) is 2.25. The molecular formula is C11H12O3. The van der Waals surface area contributed by atoms with Crippen molar-refractivity contribution in [1.29, 1.82) is 0 Å². The van der Waals surface area contributed by atoms with Crippen LogP contribution in [0.1, 0.15) is 18.4 Å². The lowest BCUT2D eigenvalue weighted by molar-refractivity contribution is -0.176. The number of hydrogen-bond acceptors (Lipinski definition) is 2. The summed E-state index contributed by atoms with van der Waals surface area (Å²) in [6.45, 7) is 0.655. The van der Waals surface area contributed by atoms with Gasteiger partial charge in [-0.25, -0.2) is 0 Å². The fraction of sp³-hybridized carbons (Fsp3) is 0.364. The van der Waals surface area contributed by atoms with Crippen LogP contribution in [0.5, 0.6) is 0 Å². The number of hydrogen-bond donors (Lipinski definition) is 1. The predicted octanol–water partition coefficient (Wildman–Crippen LogP) is 1.78. The first-order chi connectivity index (χ1) is 6.73. The maximum absolute atomic E-state index is 10.7. The summed E-state index contributed by atoms with van der Waals surface area (Å²) < 4.78 is 5.43. The van der Waals surface area contributed by atoms with Crippen LogP contribution in [0.2, 0.25) is 0 Å². The summed E-state index contributed by atoms with van der Waals surface area (Å²) in [5.74, 6) is -0.812. The van der Waals surface area contributed by atoms with Gasteiger partial charge in [0.05, 0.1) is 13.0 Å². The molecule has 0 aromatic heterocycles. The first-order valence-electron chi connectivity index (χ1n) is 4.64. The summed E-state index contributed by atoms with van der Waals surface area (Å²) in [7, 11) is 0. The molecule has 3 heteroatoms. The molecule has 3 nitrogen and oxygen atoms in total. The van der Waals surface area contributed by atoms with Crippen LogP contribution >= 0.6 is 0 Å². The molecule has 0 aliphatic carbocycles. The van der Waals surface area contributed by atoms with Crippen molar-refractivity contribution in [2.75, 3.05) is 6.61 Å². The van der Waals surface area contributed by atoms with Crippen molar-refractivity contribution in [3.63, 3.8) is 0 Å². The average Bonchev–Trinajstić information content (AvgIpc) is 2.12. The normalized spacial score (nSPS) is 25.4. The summed E-state index contributed by atoms with van der Waals surface area (Å²) in [6.07, 6.45) is 0.848. The number of carbonyl (C=O) groups is 1. The van der Waals surface area contributed by atoms with E-state index in [4.69, 9.17) is 9.84 Å². The zero-order valence-electron chi connectivity index (χ0n) is 7.77. The topological polar surface area (TPSA) is 46.5 Å². The monoisotopic (exact) mass is 192 g/mol. The van der Waals surface area contributed by atoms with Gasteiger partial charge in [-0.2, -0.15) is 0 Å². The number of ether oxygens (including phenoxy) is 1. The van der Waals surface area contributed by atoms with Crippen LogP contribution in [0.25, 0.3) is 0 Å². The fourth-order valence-electron chi connectivity index (χ4n) is 1.80. The van der Waals surface area contributed by atoms with E-state index in [0.29, 0.717) is 6.61 Å². The van der Waals surface area contributed by atoms with Crippen molar-refractivity contribution in [2.45, 2.75) is 18.4 Å². The molecule has 0 amide bonds. The van der Waals surface area contributed by atoms with E-state index < -0.39 is 11.6 Å². The standard InChI is InChI=1S/C11H12O3/c12-10(13)8-11(6-7-14-11)9-4-2-1-3-5-9/h1-5H,6-8H2,(H,12,13). The van der Waals surface area contributed by atoms with Gasteiger partial charge in [-0.05, 0) is 5.56 Å². The van der Waals surface area contributed by atoms with Gasteiger partial charge >= 0.3 is 5.97 Å². The Morgan fingerprint density at radius 1 is 1.43 bits per heavy atom. The van der Waals surface area contributed by atoms with E-state index in [-0.39, 0.29) is 6.42 Å². The van der Waals surface area contributed by atoms with Crippen LogP contribution in [-0.4, -0.2) is 17.7 Å². The van der Waals surface area contributed by atoms with Gasteiger partial charge in [0, 0.05) is 6.42 Å². The van der Waals surface area contributed by atoms with Crippen LogP contribution in [-0.2, 0) is 15.1 Å². The van der Waals surface area contributed by atoms with Crippen molar-refractivity contribution in [1.82, 2.24) is 0 Å². The molecule has 1 aromatic rings. The lowest BCUT2D eigenvalue weighted by Crippen LogP contribution is -2.42. The van der Waals surface area contributed by atoms with Crippen molar-refractivity contribution in [3.05, 3.63) is 35.9 Å². The van der Waals surface area contributed by atoms with Gasteiger partial charge in [0.15, 0.2) is 0 Å². The van der Waals surface area contributed by atoms with Crippen LogP contribution < -0.4 is 0 Å². The number of rotatable bonds is 3. The first-order valence-corrected chi connectivity index (χ1v) is 4.64. The summed E-state index contributed by atoms with van der Waals surface area (Å²) in [5, 5.41) is 8.80. The summed E-state index contributed by atoms with van der Waals surface area (Å²) in [6, 6.07) is 9.56. The maximum Gasteiger partial charge on any atom is 0.306 e. The Labute approximate surface area is 82.3 Å². The first kappa shape index (κ1) is 9.21. The van der Waals surface area contributed by atoms with E-state index in [1.54, 1.807) is 0 Å². The Morgan fingerprint density at radius 2 is 2.07 bits per heavy atom. The van der Waals surface area contributed by atoms with Crippen LogP contribution in [0.4, 0.5) is 0 Å². The van der Waals surface area contributed by atoms with Gasteiger partial charge in [0.2, 0.25) is 0 Å². The van der Waals surface area contributed by atoms with E-state index in [1.807, 2.05) is 30.3 Å². The second-order valence-electron chi connectivity index (χ2n) is 3.53. The number of aliphatic carboxylic acids is 1. The van der Waals surface area contributed by atoms with E-state index in [0.717, 1.165) is 12.0 Å². The largest absolute Gasteiger partial charge is 0.481 e. The van der Waals surface area contributed by atoms with Gasteiger partial charge in [0.25, 0.3) is 0 Å².